The minimum absolute atomic E-state index is 0. The van der Waals surface area contributed by atoms with Crippen molar-refractivity contribution in [3.8, 4) is 11.6 Å². The van der Waals surface area contributed by atoms with Gasteiger partial charge in [-0.15, -0.1) is 37.1 Å². The molecule has 0 spiro atoms. The molecule has 1 heterocycles. The molecule has 1 aromatic carbocycles. The standard InChI is InChI=1S/C19H23F3N4O2.HI/c1-18(2,3)28-16-9-6-14(11-24-16)12-26-17(23)25-10-13-4-7-15(8-5-13)27-19(20,21)22;/h4-9,11H,10,12H2,1-3H3,(H3,23,25,26);1H. The van der Waals surface area contributed by atoms with E-state index in [1.807, 2.05) is 26.8 Å². The Morgan fingerprint density at radius 2 is 1.66 bits per heavy atom. The Kier molecular flexibility index (Phi) is 8.99. The third-order valence-corrected chi connectivity index (χ3v) is 3.27. The van der Waals surface area contributed by atoms with Crippen LogP contribution in [0.5, 0.6) is 11.6 Å². The molecule has 0 bridgehead atoms. The number of nitrogens with zero attached hydrogens (tertiary/aromatic N) is 2. The van der Waals surface area contributed by atoms with Gasteiger partial charge in [-0.3, -0.25) is 0 Å². The van der Waals surface area contributed by atoms with E-state index in [-0.39, 0.29) is 41.3 Å². The number of hydrogen-bond donors (Lipinski definition) is 2. The molecule has 0 aliphatic heterocycles. The topological polar surface area (TPSA) is 81.8 Å². The van der Waals surface area contributed by atoms with E-state index in [0.717, 1.165) is 11.1 Å². The third kappa shape index (κ3) is 10.2. The molecule has 2 aromatic rings. The number of aliphatic imine (C=N–C) groups is 1. The molecule has 0 aliphatic carbocycles. The van der Waals surface area contributed by atoms with Crippen LogP contribution in [0.25, 0.3) is 0 Å². The van der Waals surface area contributed by atoms with Gasteiger partial charge < -0.3 is 20.5 Å². The van der Waals surface area contributed by atoms with E-state index in [0.29, 0.717) is 19.0 Å². The number of nitrogens with one attached hydrogen (secondary N) is 1. The van der Waals surface area contributed by atoms with Crippen LogP contribution in [0, 0.1) is 0 Å². The Balaban J connectivity index is 0.00000420. The quantitative estimate of drug-likeness (QED) is 0.333. The molecule has 10 heteroatoms. The lowest BCUT2D eigenvalue weighted by Crippen LogP contribution is -2.31. The predicted octanol–water partition coefficient (Wildman–Crippen LogP) is 4.38. The van der Waals surface area contributed by atoms with Crippen molar-refractivity contribution in [2.75, 3.05) is 0 Å². The molecule has 0 saturated carbocycles. The zero-order valence-corrected chi connectivity index (χ0v) is 18.6. The first-order valence-corrected chi connectivity index (χ1v) is 8.53. The third-order valence-electron chi connectivity index (χ3n) is 3.27. The van der Waals surface area contributed by atoms with Gasteiger partial charge in [0.2, 0.25) is 5.88 Å². The zero-order chi connectivity index (χ0) is 20.8. The highest BCUT2D eigenvalue weighted by molar-refractivity contribution is 14.0. The zero-order valence-electron chi connectivity index (χ0n) is 16.3. The fourth-order valence-corrected chi connectivity index (χ4v) is 2.11. The lowest BCUT2D eigenvalue weighted by Gasteiger charge is -2.20. The van der Waals surface area contributed by atoms with E-state index in [4.69, 9.17) is 10.5 Å². The molecule has 1 aromatic heterocycles. The van der Waals surface area contributed by atoms with Crippen molar-refractivity contribution in [3.63, 3.8) is 0 Å². The maximum atomic E-state index is 12.1. The number of benzene rings is 1. The maximum absolute atomic E-state index is 12.1. The Labute approximate surface area is 184 Å². The minimum Gasteiger partial charge on any atom is -0.472 e. The van der Waals surface area contributed by atoms with Crippen LogP contribution in [0.3, 0.4) is 0 Å². The molecule has 0 saturated heterocycles. The molecule has 0 radical (unpaired) electrons. The summed E-state index contributed by atoms with van der Waals surface area (Å²) < 4.78 is 45.9. The van der Waals surface area contributed by atoms with Gasteiger partial charge in [-0.2, -0.15) is 0 Å². The number of aromatic nitrogens is 1. The molecular weight excluding hydrogens is 500 g/mol. The van der Waals surface area contributed by atoms with E-state index >= 15 is 0 Å². The molecule has 2 rings (SSSR count). The van der Waals surface area contributed by atoms with Crippen molar-refractivity contribution in [2.24, 2.45) is 10.7 Å². The summed E-state index contributed by atoms with van der Waals surface area (Å²) in [4.78, 5) is 8.43. The van der Waals surface area contributed by atoms with Gasteiger partial charge in [-0.25, -0.2) is 9.98 Å². The van der Waals surface area contributed by atoms with Gasteiger partial charge in [0.05, 0.1) is 6.54 Å². The number of guanidine groups is 1. The van der Waals surface area contributed by atoms with E-state index < -0.39 is 6.36 Å². The van der Waals surface area contributed by atoms with Crippen LogP contribution in [-0.2, 0) is 13.1 Å². The molecule has 160 valence electrons. The fourth-order valence-electron chi connectivity index (χ4n) is 2.11. The average Bonchev–Trinajstić information content (AvgIpc) is 2.58. The van der Waals surface area contributed by atoms with Crippen molar-refractivity contribution in [3.05, 3.63) is 53.7 Å². The number of rotatable bonds is 6. The van der Waals surface area contributed by atoms with E-state index in [9.17, 15) is 13.2 Å². The number of pyridine rings is 1. The highest BCUT2D eigenvalue weighted by Crippen LogP contribution is 2.22. The van der Waals surface area contributed by atoms with E-state index in [1.54, 1.807) is 12.3 Å². The van der Waals surface area contributed by atoms with Crippen molar-refractivity contribution < 1.29 is 22.6 Å². The van der Waals surface area contributed by atoms with Crippen LogP contribution in [0.4, 0.5) is 13.2 Å². The lowest BCUT2D eigenvalue weighted by atomic mass is 10.2. The van der Waals surface area contributed by atoms with Gasteiger partial charge in [0.1, 0.15) is 11.4 Å². The normalized spacial score (nSPS) is 12.1. The Hall–Kier alpha value is -2.24. The summed E-state index contributed by atoms with van der Waals surface area (Å²) in [5.74, 6) is 0.471. The lowest BCUT2D eigenvalue weighted by molar-refractivity contribution is -0.274. The summed E-state index contributed by atoms with van der Waals surface area (Å²) in [7, 11) is 0. The maximum Gasteiger partial charge on any atom is 0.573 e. The summed E-state index contributed by atoms with van der Waals surface area (Å²) in [6.45, 7) is 6.47. The first-order valence-electron chi connectivity index (χ1n) is 8.53. The summed E-state index contributed by atoms with van der Waals surface area (Å²) in [6.07, 6.45) is -3.04. The molecule has 0 aliphatic rings. The summed E-state index contributed by atoms with van der Waals surface area (Å²) in [6, 6.07) is 9.13. The predicted molar refractivity (Wildman–Crippen MR) is 115 cm³/mol. The number of alkyl halides is 3. The molecule has 29 heavy (non-hydrogen) atoms. The average molecular weight is 524 g/mol. The number of nitrogens with two attached hydrogens (primary N) is 1. The number of hydrogen-bond acceptors (Lipinski definition) is 4. The van der Waals surface area contributed by atoms with Crippen molar-refractivity contribution in [1.29, 1.82) is 0 Å². The molecule has 0 atom stereocenters. The summed E-state index contributed by atoms with van der Waals surface area (Å²) >= 11 is 0. The summed E-state index contributed by atoms with van der Waals surface area (Å²) in [5, 5.41) is 2.90. The van der Waals surface area contributed by atoms with Crippen molar-refractivity contribution >= 4 is 29.9 Å². The van der Waals surface area contributed by atoms with Crippen LogP contribution in [0.1, 0.15) is 31.9 Å². The smallest absolute Gasteiger partial charge is 0.472 e. The molecular formula is C19H24F3IN4O2. The van der Waals surface area contributed by atoms with Crippen molar-refractivity contribution in [1.82, 2.24) is 10.3 Å². The highest BCUT2D eigenvalue weighted by Gasteiger charge is 2.30. The van der Waals surface area contributed by atoms with Crippen LogP contribution >= 0.6 is 24.0 Å². The van der Waals surface area contributed by atoms with Gasteiger partial charge in [0, 0.05) is 18.8 Å². The number of ether oxygens (including phenoxy) is 2. The molecule has 0 unspecified atom stereocenters. The van der Waals surface area contributed by atoms with Crippen LogP contribution in [0.2, 0.25) is 0 Å². The van der Waals surface area contributed by atoms with Gasteiger partial charge >= 0.3 is 6.36 Å². The highest BCUT2D eigenvalue weighted by atomic mass is 127. The Bertz CT molecular complexity index is 789. The molecule has 0 amide bonds. The largest absolute Gasteiger partial charge is 0.573 e. The molecule has 3 N–H and O–H groups in total. The fraction of sp³-hybridized carbons (Fsp3) is 0.368. The van der Waals surface area contributed by atoms with Gasteiger partial charge in [-0.05, 0) is 44.0 Å². The molecule has 6 nitrogen and oxygen atoms in total. The molecule has 0 fully saturated rings. The second-order valence-electron chi connectivity index (χ2n) is 6.97. The van der Waals surface area contributed by atoms with E-state index in [2.05, 4.69) is 20.0 Å². The van der Waals surface area contributed by atoms with Crippen LogP contribution in [0.15, 0.2) is 47.6 Å². The summed E-state index contributed by atoms with van der Waals surface area (Å²) in [5.41, 5.74) is 7.09. The first kappa shape index (κ1) is 24.8. The van der Waals surface area contributed by atoms with Crippen LogP contribution in [-0.4, -0.2) is 22.9 Å². The van der Waals surface area contributed by atoms with Crippen molar-refractivity contribution in [2.45, 2.75) is 45.8 Å². The number of halogens is 4. The monoisotopic (exact) mass is 524 g/mol. The van der Waals surface area contributed by atoms with Gasteiger partial charge in [0.25, 0.3) is 0 Å². The second kappa shape index (κ2) is 10.5. The first-order chi connectivity index (χ1) is 13.0. The minimum atomic E-state index is -4.71. The van der Waals surface area contributed by atoms with Crippen LogP contribution < -0.4 is 20.5 Å². The SMILES string of the molecule is CC(C)(C)Oc1ccc(CN=C(N)NCc2ccc(OC(F)(F)F)cc2)cn1.I. The Morgan fingerprint density at radius 1 is 1.03 bits per heavy atom. The van der Waals surface area contributed by atoms with Gasteiger partial charge in [0.15, 0.2) is 5.96 Å². The van der Waals surface area contributed by atoms with E-state index in [1.165, 1.54) is 24.3 Å². The second-order valence-corrected chi connectivity index (χ2v) is 6.97. The Morgan fingerprint density at radius 3 is 2.17 bits per heavy atom. The van der Waals surface area contributed by atoms with Gasteiger partial charge in [-0.1, -0.05) is 18.2 Å².